The number of ether oxygens (including phenoxy) is 1. The average Bonchev–Trinajstić information content (AvgIpc) is 2.62. The first-order valence-corrected chi connectivity index (χ1v) is 8.31. The molecule has 5 nitrogen and oxygen atoms in total. The molecule has 0 spiro atoms. The van der Waals surface area contributed by atoms with E-state index in [0.717, 1.165) is 30.5 Å². The number of hydrogen-bond acceptors (Lipinski definition) is 3. The van der Waals surface area contributed by atoms with Crippen LogP contribution in [0.4, 0.5) is 0 Å². The molecule has 126 valence electrons. The van der Waals surface area contributed by atoms with Crippen molar-refractivity contribution in [1.29, 1.82) is 0 Å². The third-order valence-corrected chi connectivity index (χ3v) is 4.37. The van der Waals surface area contributed by atoms with Crippen molar-refractivity contribution < 1.29 is 9.53 Å². The fourth-order valence-corrected chi connectivity index (χ4v) is 3.22. The van der Waals surface area contributed by atoms with Crippen LogP contribution in [0.3, 0.4) is 0 Å². The molecule has 0 radical (unpaired) electrons. The van der Waals surface area contributed by atoms with Gasteiger partial charge in [0, 0.05) is 37.5 Å². The Morgan fingerprint density at radius 2 is 2.04 bits per heavy atom. The van der Waals surface area contributed by atoms with E-state index in [-0.39, 0.29) is 11.5 Å². The maximum absolute atomic E-state index is 12.8. The van der Waals surface area contributed by atoms with Crippen LogP contribution in [-0.4, -0.2) is 30.7 Å². The zero-order chi connectivity index (χ0) is 16.9. The Morgan fingerprint density at radius 1 is 1.25 bits per heavy atom. The van der Waals surface area contributed by atoms with Crippen LogP contribution in [0, 0.1) is 0 Å². The molecule has 0 saturated heterocycles. The number of carbonyl (C=O) groups is 1. The lowest BCUT2D eigenvalue weighted by molar-refractivity contribution is 0.0935. The van der Waals surface area contributed by atoms with Gasteiger partial charge in [0.25, 0.3) is 11.5 Å². The minimum absolute atomic E-state index is 0.0306. The van der Waals surface area contributed by atoms with Crippen LogP contribution >= 0.6 is 0 Å². The molecule has 0 fully saturated rings. The number of fused-ring (bicyclic) bond motifs is 1. The van der Waals surface area contributed by atoms with Gasteiger partial charge in [-0.1, -0.05) is 30.3 Å². The molecule has 5 heteroatoms. The van der Waals surface area contributed by atoms with Gasteiger partial charge in [-0.05, 0) is 24.8 Å². The molecule has 1 aliphatic heterocycles. The highest BCUT2D eigenvalue weighted by molar-refractivity contribution is 6.02. The zero-order valence-electron chi connectivity index (χ0n) is 13.9. The number of methoxy groups -OCH3 is 1. The lowest BCUT2D eigenvalue weighted by atomic mass is 9.94. The number of hydrogen-bond donors (Lipinski definition) is 1. The highest BCUT2D eigenvalue weighted by atomic mass is 16.5. The predicted molar refractivity (Wildman–Crippen MR) is 93.3 cm³/mol. The molecule has 1 aromatic heterocycles. The monoisotopic (exact) mass is 326 g/mol. The second-order valence-corrected chi connectivity index (χ2v) is 5.94. The molecular formula is C19H22N2O3. The van der Waals surface area contributed by atoms with Crippen molar-refractivity contribution in [3.05, 3.63) is 58.0 Å². The molecule has 3 rings (SSSR count). The summed E-state index contributed by atoms with van der Waals surface area (Å²) in [6.07, 6.45) is 2.72. The predicted octanol–water partition coefficient (Wildman–Crippen LogP) is 2.23. The van der Waals surface area contributed by atoms with Crippen LogP contribution in [0.1, 0.15) is 28.9 Å². The summed E-state index contributed by atoms with van der Waals surface area (Å²) in [5.41, 5.74) is 3.04. The smallest absolute Gasteiger partial charge is 0.253 e. The summed E-state index contributed by atoms with van der Waals surface area (Å²) in [6, 6.07) is 11.2. The van der Waals surface area contributed by atoms with Gasteiger partial charge in [0.1, 0.15) is 0 Å². The Kier molecular flexibility index (Phi) is 5.11. The quantitative estimate of drug-likeness (QED) is 0.857. The van der Waals surface area contributed by atoms with Crippen LogP contribution in [0.2, 0.25) is 0 Å². The van der Waals surface area contributed by atoms with E-state index in [1.54, 1.807) is 17.7 Å². The van der Waals surface area contributed by atoms with E-state index in [0.29, 0.717) is 30.8 Å². The SMILES string of the molecule is COCCNC(=O)c1c(-c2ccccc2)cc(=O)n2c1CCCC2. The van der Waals surface area contributed by atoms with Crippen LogP contribution in [0.5, 0.6) is 0 Å². The highest BCUT2D eigenvalue weighted by Gasteiger charge is 2.23. The Bertz CT molecular complexity index is 781. The van der Waals surface area contributed by atoms with Gasteiger partial charge in [-0.3, -0.25) is 9.59 Å². The second kappa shape index (κ2) is 7.45. The van der Waals surface area contributed by atoms with Crippen molar-refractivity contribution in [1.82, 2.24) is 9.88 Å². The van der Waals surface area contributed by atoms with E-state index in [9.17, 15) is 9.59 Å². The zero-order valence-corrected chi connectivity index (χ0v) is 13.9. The molecule has 1 aromatic carbocycles. The second-order valence-electron chi connectivity index (χ2n) is 5.94. The molecule has 2 heterocycles. The summed E-state index contributed by atoms with van der Waals surface area (Å²) in [5.74, 6) is -0.142. The number of aromatic nitrogens is 1. The first-order chi connectivity index (χ1) is 11.7. The highest BCUT2D eigenvalue weighted by Crippen LogP contribution is 2.27. The van der Waals surface area contributed by atoms with Crippen molar-refractivity contribution in [2.75, 3.05) is 20.3 Å². The minimum atomic E-state index is -0.142. The van der Waals surface area contributed by atoms with E-state index in [1.807, 2.05) is 30.3 Å². The van der Waals surface area contributed by atoms with E-state index < -0.39 is 0 Å². The third-order valence-electron chi connectivity index (χ3n) is 4.37. The Morgan fingerprint density at radius 3 is 2.79 bits per heavy atom. The lowest BCUT2D eigenvalue weighted by Crippen LogP contribution is -2.34. The normalized spacial score (nSPS) is 13.4. The Balaban J connectivity index is 2.12. The fourth-order valence-electron chi connectivity index (χ4n) is 3.22. The Hall–Kier alpha value is -2.40. The van der Waals surface area contributed by atoms with Crippen LogP contribution < -0.4 is 10.9 Å². The van der Waals surface area contributed by atoms with E-state index in [4.69, 9.17) is 4.74 Å². The minimum Gasteiger partial charge on any atom is -0.383 e. The molecule has 0 unspecified atom stereocenters. The first kappa shape index (κ1) is 16.5. The number of amides is 1. The number of rotatable bonds is 5. The number of nitrogens with zero attached hydrogens (tertiary/aromatic N) is 1. The molecule has 1 aliphatic rings. The van der Waals surface area contributed by atoms with Gasteiger partial charge >= 0.3 is 0 Å². The van der Waals surface area contributed by atoms with Gasteiger partial charge in [0.15, 0.2) is 0 Å². The number of benzene rings is 1. The van der Waals surface area contributed by atoms with Gasteiger partial charge in [-0.15, -0.1) is 0 Å². The van der Waals surface area contributed by atoms with Gasteiger partial charge in [-0.25, -0.2) is 0 Å². The molecule has 24 heavy (non-hydrogen) atoms. The summed E-state index contributed by atoms with van der Waals surface area (Å²) in [7, 11) is 1.60. The van der Waals surface area contributed by atoms with Crippen molar-refractivity contribution in [2.24, 2.45) is 0 Å². The molecule has 0 saturated carbocycles. The molecule has 2 aromatic rings. The van der Waals surface area contributed by atoms with E-state index in [2.05, 4.69) is 5.32 Å². The van der Waals surface area contributed by atoms with E-state index in [1.165, 1.54) is 0 Å². The Labute approximate surface area is 141 Å². The average molecular weight is 326 g/mol. The number of nitrogens with one attached hydrogen (secondary N) is 1. The first-order valence-electron chi connectivity index (χ1n) is 8.31. The van der Waals surface area contributed by atoms with Crippen molar-refractivity contribution in [2.45, 2.75) is 25.8 Å². The summed E-state index contributed by atoms with van der Waals surface area (Å²) in [6.45, 7) is 1.59. The fraction of sp³-hybridized carbons (Fsp3) is 0.368. The van der Waals surface area contributed by atoms with Crippen LogP contribution in [0.25, 0.3) is 11.1 Å². The van der Waals surface area contributed by atoms with E-state index >= 15 is 0 Å². The van der Waals surface area contributed by atoms with Gasteiger partial charge in [-0.2, -0.15) is 0 Å². The number of pyridine rings is 1. The lowest BCUT2D eigenvalue weighted by Gasteiger charge is -2.23. The molecule has 0 atom stereocenters. The molecule has 1 amide bonds. The standard InChI is InChI=1S/C19H22N2O3/c1-24-12-10-20-19(23)18-15(14-7-3-2-4-8-14)13-17(22)21-11-6-5-9-16(18)21/h2-4,7-8,13H,5-6,9-12H2,1H3,(H,20,23). The maximum Gasteiger partial charge on any atom is 0.253 e. The van der Waals surface area contributed by atoms with Crippen LogP contribution in [-0.2, 0) is 17.7 Å². The number of carbonyl (C=O) groups excluding carboxylic acids is 1. The third kappa shape index (κ3) is 3.26. The largest absolute Gasteiger partial charge is 0.383 e. The molecule has 0 aliphatic carbocycles. The molecular weight excluding hydrogens is 304 g/mol. The van der Waals surface area contributed by atoms with Crippen molar-refractivity contribution in [3.63, 3.8) is 0 Å². The van der Waals surface area contributed by atoms with Gasteiger partial charge in [0.05, 0.1) is 12.2 Å². The van der Waals surface area contributed by atoms with Crippen molar-refractivity contribution >= 4 is 5.91 Å². The summed E-state index contributed by atoms with van der Waals surface area (Å²) >= 11 is 0. The molecule has 0 bridgehead atoms. The van der Waals surface area contributed by atoms with Gasteiger partial charge < -0.3 is 14.6 Å². The van der Waals surface area contributed by atoms with Crippen molar-refractivity contribution in [3.8, 4) is 11.1 Å². The van der Waals surface area contributed by atoms with Crippen LogP contribution in [0.15, 0.2) is 41.2 Å². The molecule has 1 N–H and O–H groups in total. The maximum atomic E-state index is 12.8. The topological polar surface area (TPSA) is 60.3 Å². The summed E-state index contributed by atoms with van der Waals surface area (Å²) in [4.78, 5) is 25.3. The van der Waals surface area contributed by atoms with Gasteiger partial charge in [0.2, 0.25) is 0 Å². The summed E-state index contributed by atoms with van der Waals surface area (Å²) < 4.78 is 6.76. The summed E-state index contributed by atoms with van der Waals surface area (Å²) in [5, 5.41) is 2.90.